The first-order valence-electron chi connectivity index (χ1n) is 4.67. The molecule has 0 aromatic carbocycles. The fraction of sp³-hybridized carbons (Fsp3) is 0.300. The minimum atomic E-state index is -0.820. The van der Waals surface area contributed by atoms with E-state index in [2.05, 4.69) is 15.0 Å². The third-order valence-electron chi connectivity index (χ3n) is 1.79. The number of nitrogens with two attached hydrogens (primary N) is 1. The lowest BCUT2D eigenvalue weighted by Gasteiger charge is -2.07. The zero-order valence-corrected chi connectivity index (χ0v) is 8.86. The van der Waals surface area contributed by atoms with Gasteiger partial charge in [0.15, 0.2) is 0 Å². The van der Waals surface area contributed by atoms with E-state index in [1.165, 1.54) is 0 Å². The van der Waals surface area contributed by atoms with Gasteiger partial charge in [0, 0.05) is 5.69 Å². The lowest BCUT2D eigenvalue weighted by molar-refractivity contribution is 0.161. The number of nitrogens with zero attached hydrogens (tertiary/aromatic N) is 2. The lowest BCUT2D eigenvalue weighted by atomic mass is 10.2. The average molecular weight is 220 g/mol. The van der Waals surface area contributed by atoms with Crippen LogP contribution in [-0.4, -0.2) is 24.2 Å². The first kappa shape index (κ1) is 11.8. The Bertz CT molecular complexity index is 425. The van der Waals surface area contributed by atoms with Gasteiger partial charge in [0.25, 0.3) is 0 Å². The number of anilines is 1. The third kappa shape index (κ3) is 3.46. The molecule has 0 unspecified atom stereocenters. The van der Waals surface area contributed by atoms with Gasteiger partial charge in [-0.2, -0.15) is 5.26 Å². The Morgan fingerprint density at radius 3 is 3.06 bits per heavy atom. The average Bonchev–Trinajstić information content (AvgIpc) is 2.24. The Hall–Kier alpha value is -2.29. The molecule has 0 fully saturated rings. The second-order valence-electron chi connectivity index (χ2n) is 3.05. The molecule has 1 aromatic rings. The van der Waals surface area contributed by atoms with Crippen molar-refractivity contribution < 1.29 is 9.53 Å². The summed E-state index contributed by atoms with van der Waals surface area (Å²) in [7, 11) is 0. The van der Waals surface area contributed by atoms with Crippen LogP contribution in [0.25, 0.3) is 0 Å². The molecule has 0 saturated heterocycles. The second-order valence-corrected chi connectivity index (χ2v) is 3.05. The molecule has 0 bridgehead atoms. The standard InChI is InChI=1S/C10H12N4O2/c1-7-2-3-8(6-11)9(14-7)13-4-5-16-10(12)15/h2-3H,4-5H2,1H3,(H2,12,15)(H,13,14). The van der Waals surface area contributed by atoms with Crippen molar-refractivity contribution in [3.05, 3.63) is 23.4 Å². The largest absolute Gasteiger partial charge is 0.448 e. The van der Waals surface area contributed by atoms with Crippen LogP contribution in [0.3, 0.4) is 0 Å². The van der Waals surface area contributed by atoms with Crippen molar-refractivity contribution in [2.75, 3.05) is 18.5 Å². The van der Waals surface area contributed by atoms with Gasteiger partial charge in [0.05, 0.1) is 12.1 Å². The zero-order valence-electron chi connectivity index (χ0n) is 8.86. The molecule has 0 aliphatic carbocycles. The van der Waals surface area contributed by atoms with Gasteiger partial charge in [0.1, 0.15) is 18.5 Å². The van der Waals surface area contributed by atoms with E-state index in [4.69, 9.17) is 11.0 Å². The van der Waals surface area contributed by atoms with E-state index in [1.54, 1.807) is 12.1 Å². The predicted molar refractivity (Wildman–Crippen MR) is 57.7 cm³/mol. The van der Waals surface area contributed by atoms with Gasteiger partial charge in [-0.3, -0.25) is 0 Å². The molecule has 1 rings (SSSR count). The van der Waals surface area contributed by atoms with Gasteiger partial charge < -0.3 is 15.8 Å². The van der Waals surface area contributed by atoms with Crippen molar-refractivity contribution in [1.29, 1.82) is 5.26 Å². The predicted octanol–water partition coefficient (Wildman–Crippen LogP) is 0.769. The Morgan fingerprint density at radius 2 is 2.44 bits per heavy atom. The Balaban J connectivity index is 2.56. The number of rotatable bonds is 4. The molecule has 0 spiro atoms. The molecule has 1 amide bonds. The van der Waals surface area contributed by atoms with E-state index in [1.807, 2.05) is 13.0 Å². The Kier molecular flexibility index (Phi) is 4.09. The summed E-state index contributed by atoms with van der Waals surface area (Å²) in [5.74, 6) is 0.482. The van der Waals surface area contributed by atoms with E-state index in [-0.39, 0.29) is 6.61 Å². The zero-order chi connectivity index (χ0) is 12.0. The van der Waals surface area contributed by atoms with Crippen LogP contribution in [0.4, 0.5) is 10.6 Å². The SMILES string of the molecule is Cc1ccc(C#N)c(NCCOC(N)=O)n1. The lowest BCUT2D eigenvalue weighted by Crippen LogP contribution is -2.19. The van der Waals surface area contributed by atoms with Gasteiger partial charge in [-0.25, -0.2) is 9.78 Å². The van der Waals surface area contributed by atoms with Crippen LogP contribution in [0.5, 0.6) is 0 Å². The van der Waals surface area contributed by atoms with Crippen LogP contribution in [0.2, 0.25) is 0 Å². The highest BCUT2D eigenvalue weighted by Crippen LogP contribution is 2.11. The maximum atomic E-state index is 10.3. The molecule has 84 valence electrons. The number of pyridine rings is 1. The topological polar surface area (TPSA) is 101 Å². The van der Waals surface area contributed by atoms with Gasteiger partial charge in [-0.05, 0) is 19.1 Å². The number of ether oxygens (including phenoxy) is 1. The number of aryl methyl sites for hydroxylation is 1. The molecule has 0 aliphatic rings. The number of carbonyl (C=O) groups is 1. The number of amides is 1. The van der Waals surface area contributed by atoms with Crippen molar-refractivity contribution in [2.24, 2.45) is 5.73 Å². The molecule has 0 atom stereocenters. The molecular formula is C10H12N4O2. The molecule has 1 aromatic heterocycles. The van der Waals surface area contributed by atoms with Gasteiger partial charge in [0.2, 0.25) is 0 Å². The van der Waals surface area contributed by atoms with Crippen LogP contribution in [0, 0.1) is 18.3 Å². The van der Waals surface area contributed by atoms with Crippen LogP contribution in [-0.2, 0) is 4.74 Å². The van der Waals surface area contributed by atoms with E-state index in [9.17, 15) is 4.79 Å². The highest BCUT2D eigenvalue weighted by molar-refractivity contribution is 5.64. The number of nitrogens with one attached hydrogen (secondary N) is 1. The third-order valence-corrected chi connectivity index (χ3v) is 1.79. The fourth-order valence-corrected chi connectivity index (χ4v) is 1.10. The summed E-state index contributed by atoms with van der Waals surface area (Å²) in [4.78, 5) is 14.4. The normalized spacial score (nSPS) is 9.25. The van der Waals surface area contributed by atoms with Gasteiger partial charge in [-0.15, -0.1) is 0 Å². The molecule has 1 heterocycles. The van der Waals surface area contributed by atoms with Crippen LogP contribution < -0.4 is 11.1 Å². The molecule has 0 saturated carbocycles. The quantitative estimate of drug-likeness (QED) is 0.730. The highest BCUT2D eigenvalue weighted by Gasteiger charge is 2.03. The number of nitriles is 1. The number of primary amides is 1. The first-order chi connectivity index (χ1) is 7.63. The number of hydrogen-bond acceptors (Lipinski definition) is 5. The van der Waals surface area contributed by atoms with E-state index < -0.39 is 6.09 Å². The van der Waals surface area contributed by atoms with Crippen molar-refractivity contribution in [3.8, 4) is 6.07 Å². The van der Waals surface area contributed by atoms with Crippen molar-refractivity contribution in [2.45, 2.75) is 6.92 Å². The Morgan fingerprint density at radius 1 is 1.69 bits per heavy atom. The van der Waals surface area contributed by atoms with E-state index in [0.29, 0.717) is 17.9 Å². The maximum absolute atomic E-state index is 10.3. The van der Waals surface area contributed by atoms with Crippen molar-refractivity contribution in [3.63, 3.8) is 0 Å². The smallest absolute Gasteiger partial charge is 0.404 e. The Labute approximate surface area is 93.0 Å². The summed E-state index contributed by atoms with van der Waals surface area (Å²) < 4.78 is 4.53. The highest BCUT2D eigenvalue weighted by atomic mass is 16.5. The monoisotopic (exact) mass is 220 g/mol. The number of carbonyl (C=O) groups excluding carboxylic acids is 1. The molecule has 16 heavy (non-hydrogen) atoms. The number of aromatic nitrogens is 1. The van der Waals surface area contributed by atoms with Crippen molar-refractivity contribution in [1.82, 2.24) is 4.98 Å². The van der Waals surface area contributed by atoms with Crippen LogP contribution >= 0.6 is 0 Å². The molecule has 3 N–H and O–H groups in total. The molecule has 6 heteroatoms. The van der Waals surface area contributed by atoms with Crippen LogP contribution in [0.1, 0.15) is 11.3 Å². The molecule has 0 aliphatic heterocycles. The van der Waals surface area contributed by atoms with Gasteiger partial charge in [-0.1, -0.05) is 0 Å². The molecular weight excluding hydrogens is 208 g/mol. The summed E-state index contributed by atoms with van der Waals surface area (Å²) in [6, 6.07) is 5.45. The molecule has 6 nitrogen and oxygen atoms in total. The molecule has 0 radical (unpaired) electrons. The summed E-state index contributed by atoms with van der Waals surface area (Å²) in [5, 5.41) is 11.7. The van der Waals surface area contributed by atoms with Gasteiger partial charge >= 0.3 is 6.09 Å². The fourth-order valence-electron chi connectivity index (χ4n) is 1.10. The van der Waals surface area contributed by atoms with E-state index in [0.717, 1.165) is 5.69 Å². The summed E-state index contributed by atoms with van der Waals surface area (Å²) in [5.41, 5.74) is 6.05. The minimum absolute atomic E-state index is 0.135. The van der Waals surface area contributed by atoms with Crippen LogP contribution in [0.15, 0.2) is 12.1 Å². The minimum Gasteiger partial charge on any atom is -0.448 e. The maximum Gasteiger partial charge on any atom is 0.404 e. The summed E-state index contributed by atoms with van der Waals surface area (Å²) >= 11 is 0. The van der Waals surface area contributed by atoms with Crippen molar-refractivity contribution >= 4 is 11.9 Å². The number of hydrogen-bond donors (Lipinski definition) is 2. The second kappa shape index (κ2) is 5.56. The summed E-state index contributed by atoms with van der Waals surface area (Å²) in [6.07, 6.45) is -0.820. The van der Waals surface area contributed by atoms with E-state index >= 15 is 0 Å². The summed E-state index contributed by atoms with van der Waals surface area (Å²) in [6.45, 7) is 2.32. The first-order valence-corrected chi connectivity index (χ1v) is 4.67.